The Morgan fingerprint density at radius 2 is 2.12 bits per heavy atom. The summed E-state index contributed by atoms with van der Waals surface area (Å²) in [5.74, 6) is -0.0640. The normalized spacial score (nSPS) is 18.4. The van der Waals surface area contributed by atoms with E-state index in [2.05, 4.69) is 19.2 Å². The van der Waals surface area contributed by atoms with Gasteiger partial charge in [0.1, 0.15) is 5.54 Å². The van der Waals surface area contributed by atoms with Crippen LogP contribution in [0.2, 0.25) is 0 Å². The zero-order valence-electron chi connectivity index (χ0n) is 10.3. The molecule has 1 aliphatic carbocycles. The molecule has 0 aromatic rings. The van der Waals surface area contributed by atoms with Crippen LogP contribution >= 0.6 is 0 Å². The summed E-state index contributed by atoms with van der Waals surface area (Å²) in [5, 5.41) is 12.2. The Labute approximate surface area is 97.4 Å². The van der Waals surface area contributed by atoms with E-state index in [9.17, 15) is 4.79 Å². The van der Waals surface area contributed by atoms with Gasteiger partial charge in [0.25, 0.3) is 0 Å². The van der Waals surface area contributed by atoms with Crippen LogP contribution in [-0.2, 0) is 9.53 Å². The van der Waals surface area contributed by atoms with Gasteiger partial charge < -0.3 is 9.84 Å². The number of ether oxygens (including phenoxy) is 1. The molecule has 4 heteroatoms. The molecule has 1 aliphatic rings. The highest BCUT2D eigenvalue weighted by molar-refractivity contribution is 5.79. The number of carboxylic acids is 1. The number of rotatable bonds is 8. The van der Waals surface area contributed by atoms with E-state index in [1.165, 1.54) is 0 Å². The lowest BCUT2D eigenvalue weighted by Crippen LogP contribution is -2.57. The summed E-state index contributed by atoms with van der Waals surface area (Å²) in [5.41, 5.74) is -0.651. The number of hydrogen-bond donors (Lipinski definition) is 2. The maximum Gasteiger partial charge on any atom is 0.323 e. The highest BCUT2D eigenvalue weighted by Crippen LogP contribution is 2.31. The first kappa shape index (κ1) is 13.5. The Morgan fingerprint density at radius 3 is 2.56 bits per heavy atom. The van der Waals surface area contributed by atoms with Crippen LogP contribution in [0, 0.1) is 5.92 Å². The second kappa shape index (κ2) is 6.21. The molecule has 1 rings (SSSR count). The minimum absolute atomic E-state index is 0.599. The summed E-state index contributed by atoms with van der Waals surface area (Å²) in [6, 6.07) is 0. The van der Waals surface area contributed by atoms with Crippen LogP contribution in [0.5, 0.6) is 0 Å². The van der Waals surface area contributed by atoms with E-state index in [1.54, 1.807) is 0 Å². The van der Waals surface area contributed by atoms with Crippen molar-refractivity contribution in [2.45, 2.75) is 45.1 Å². The summed E-state index contributed by atoms with van der Waals surface area (Å²) in [4.78, 5) is 11.0. The maximum atomic E-state index is 11.0. The van der Waals surface area contributed by atoms with Crippen molar-refractivity contribution in [1.82, 2.24) is 5.32 Å². The van der Waals surface area contributed by atoms with Crippen LogP contribution in [0.15, 0.2) is 0 Å². The number of hydrogen-bond acceptors (Lipinski definition) is 3. The summed E-state index contributed by atoms with van der Waals surface area (Å²) < 4.78 is 5.43. The fraction of sp³-hybridized carbons (Fsp3) is 0.917. The molecule has 1 fully saturated rings. The topological polar surface area (TPSA) is 58.6 Å². The third kappa shape index (κ3) is 3.76. The second-order valence-corrected chi connectivity index (χ2v) is 4.96. The van der Waals surface area contributed by atoms with E-state index in [4.69, 9.17) is 9.84 Å². The van der Waals surface area contributed by atoms with Crippen molar-refractivity contribution < 1.29 is 14.6 Å². The Bertz CT molecular complexity index is 224. The maximum absolute atomic E-state index is 11.0. The lowest BCUT2D eigenvalue weighted by molar-refractivity contribution is -0.148. The molecule has 2 N–H and O–H groups in total. The molecule has 0 aromatic heterocycles. The second-order valence-electron chi connectivity index (χ2n) is 4.96. The van der Waals surface area contributed by atoms with Crippen LogP contribution < -0.4 is 5.32 Å². The highest BCUT2D eigenvalue weighted by atomic mass is 16.5. The van der Waals surface area contributed by atoms with Crippen LogP contribution in [0.1, 0.15) is 39.5 Å². The molecule has 0 spiro atoms. The molecule has 0 aliphatic heterocycles. The monoisotopic (exact) mass is 229 g/mol. The van der Waals surface area contributed by atoms with Gasteiger partial charge in [-0.25, -0.2) is 0 Å². The van der Waals surface area contributed by atoms with Gasteiger partial charge >= 0.3 is 5.97 Å². The molecule has 1 saturated carbocycles. The largest absolute Gasteiger partial charge is 0.480 e. The van der Waals surface area contributed by atoms with Crippen LogP contribution in [0.25, 0.3) is 0 Å². The standard InChI is InChI=1S/C12H23NO3/c1-10(2)4-8-16-9-7-13-12(11(14)15)5-3-6-12/h10,13H,3-9H2,1-2H3,(H,14,15). The Hall–Kier alpha value is -0.610. The average molecular weight is 229 g/mol. The van der Waals surface area contributed by atoms with Gasteiger partial charge in [0.15, 0.2) is 0 Å². The van der Waals surface area contributed by atoms with Crippen molar-refractivity contribution in [1.29, 1.82) is 0 Å². The summed E-state index contributed by atoms with van der Waals surface area (Å²) in [7, 11) is 0. The van der Waals surface area contributed by atoms with E-state index >= 15 is 0 Å². The predicted molar refractivity (Wildman–Crippen MR) is 62.5 cm³/mol. The molecule has 0 aromatic carbocycles. The minimum Gasteiger partial charge on any atom is -0.480 e. The molecule has 4 nitrogen and oxygen atoms in total. The summed E-state index contributed by atoms with van der Waals surface area (Å²) in [6.07, 6.45) is 3.56. The van der Waals surface area contributed by atoms with Crippen molar-refractivity contribution in [3.8, 4) is 0 Å². The van der Waals surface area contributed by atoms with Crippen molar-refractivity contribution in [3.05, 3.63) is 0 Å². The molecule has 0 amide bonds. The molecule has 0 unspecified atom stereocenters. The van der Waals surface area contributed by atoms with E-state index in [0.29, 0.717) is 19.1 Å². The van der Waals surface area contributed by atoms with E-state index in [0.717, 1.165) is 32.3 Å². The van der Waals surface area contributed by atoms with Crippen LogP contribution in [0.4, 0.5) is 0 Å². The molecular formula is C12H23NO3. The smallest absolute Gasteiger partial charge is 0.323 e. The van der Waals surface area contributed by atoms with Gasteiger partial charge in [0.05, 0.1) is 6.61 Å². The van der Waals surface area contributed by atoms with Crippen molar-refractivity contribution in [2.24, 2.45) is 5.92 Å². The number of carboxylic acid groups (broad SMARTS) is 1. The van der Waals surface area contributed by atoms with Gasteiger partial charge in [0, 0.05) is 13.2 Å². The van der Waals surface area contributed by atoms with E-state index in [1.807, 2.05) is 0 Å². The Kier molecular flexibility index (Phi) is 5.22. The number of nitrogens with one attached hydrogen (secondary N) is 1. The van der Waals surface area contributed by atoms with Gasteiger partial charge in [-0.1, -0.05) is 13.8 Å². The Balaban J connectivity index is 2.04. The molecule has 0 bridgehead atoms. The van der Waals surface area contributed by atoms with E-state index < -0.39 is 11.5 Å². The number of carbonyl (C=O) groups is 1. The summed E-state index contributed by atoms with van der Waals surface area (Å²) in [6.45, 7) is 6.32. The molecular weight excluding hydrogens is 206 g/mol. The third-order valence-electron chi connectivity index (χ3n) is 3.17. The highest BCUT2D eigenvalue weighted by Gasteiger charge is 2.43. The molecule has 94 valence electrons. The molecule has 0 radical (unpaired) electrons. The minimum atomic E-state index is -0.721. The first-order valence-corrected chi connectivity index (χ1v) is 6.13. The number of aliphatic carboxylic acids is 1. The zero-order valence-corrected chi connectivity index (χ0v) is 10.3. The zero-order chi connectivity index (χ0) is 12.0. The first-order valence-electron chi connectivity index (χ1n) is 6.13. The molecule has 16 heavy (non-hydrogen) atoms. The lowest BCUT2D eigenvalue weighted by Gasteiger charge is -2.38. The Morgan fingerprint density at radius 1 is 1.44 bits per heavy atom. The SMILES string of the molecule is CC(C)CCOCCNC1(C(=O)O)CCC1. The fourth-order valence-corrected chi connectivity index (χ4v) is 1.78. The quantitative estimate of drug-likeness (QED) is 0.621. The lowest BCUT2D eigenvalue weighted by atomic mass is 9.77. The van der Waals surface area contributed by atoms with Gasteiger partial charge in [-0.3, -0.25) is 10.1 Å². The van der Waals surface area contributed by atoms with E-state index in [-0.39, 0.29) is 0 Å². The van der Waals surface area contributed by atoms with Gasteiger partial charge in [-0.2, -0.15) is 0 Å². The van der Waals surface area contributed by atoms with Crippen molar-refractivity contribution in [3.63, 3.8) is 0 Å². The summed E-state index contributed by atoms with van der Waals surface area (Å²) >= 11 is 0. The third-order valence-corrected chi connectivity index (χ3v) is 3.17. The van der Waals surface area contributed by atoms with Crippen LogP contribution in [-0.4, -0.2) is 36.4 Å². The fourth-order valence-electron chi connectivity index (χ4n) is 1.78. The van der Waals surface area contributed by atoms with Gasteiger partial charge in [-0.05, 0) is 31.6 Å². The molecule has 0 atom stereocenters. The van der Waals surface area contributed by atoms with Gasteiger partial charge in [0.2, 0.25) is 0 Å². The first-order chi connectivity index (χ1) is 7.57. The van der Waals surface area contributed by atoms with Crippen molar-refractivity contribution in [2.75, 3.05) is 19.8 Å². The predicted octanol–water partition coefficient (Wildman–Crippen LogP) is 1.65. The molecule has 0 heterocycles. The van der Waals surface area contributed by atoms with Gasteiger partial charge in [-0.15, -0.1) is 0 Å². The average Bonchev–Trinajstić information content (AvgIpc) is 2.12. The molecule has 0 saturated heterocycles. The van der Waals surface area contributed by atoms with Crippen molar-refractivity contribution >= 4 is 5.97 Å². The van der Waals surface area contributed by atoms with Crippen LogP contribution in [0.3, 0.4) is 0 Å².